The van der Waals surface area contributed by atoms with Gasteiger partial charge < -0.3 is 9.84 Å². The van der Waals surface area contributed by atoms with E-state index in [-0.39, 0.29) is 50.5 Å². The van der Waals surface area contributed by atoms with Gasteiger partial charge in [0.1, 0.15) is 17.1 Å². The van der Waals surface area contributed by atoms with E-state index in [1.54, 1.807) is 17.0 Å². The first-order chi connectivity index (χ1) is 16.6. The highest BCUT2D eigenvalue weighted by molar-refractivity contribution is 6.06. The summed E-state index contributed by atoms with van der Waals surface area (Å²) in [5.74, 6) is -1.77. The topological polar surface area (TPSA) is 73.3 Å². The molecule has 3 saturated heterocycles. The number of carbonyl (C=O) groups excluding carboxylic acids is 2. The molecule has 3 aliphatic rings. The summed E-state index contributed by atoms with van der Waals surface area (Å²) in [6.45, 7) is 0.676. The van der Waals surface area contributed by atoms with Crippen LogP contribution in [0.15, 0.2) is 48.5 Å². The predicted octanol–water partition coefficient (Wildman–Crippen LogP) is 2.28. The molecule has 2 aromatic carbocycles. The molecule has 0 radical (unpaired) electrons. The molecule has 1 spiro atoms. The first kappa shape index (κ1) is 23.7. The Bertz CT molecular complexity index is 1150. The Morgan fingerprint density at radius 3 is 2.51 bits per heavy atom. The Morgan fingerprint density at radius 2 is 1.80 bits per heavy atom. The Labute approximate surface area is 198 Å². The molecule has 0 unspecified atom stereocenters. The van der Waals surface area contributed by atoms with Crippen molar-refractivity contribution in [3.05, 3.63) is 65.5 Å². The summed E-state index contributed by atoms with van der Waals surface area (Å²) in [5, 5.41) is 10.3. The number of aliphatic hydroxyl groups excluding tert-OH is 1. The number of imide groups is 1. The Kier molecular flexibility index (Phi) is 5.81. The molecule has 2 aromatic rings. The number of ether oxygens (including phenoxy) is 1. The summed E-state index contributed by atoms with van der Waals surface area (Å²) in [6, 6.07) is 10.8. The second kappa shape index (κ2) is 8.58. The summed E-state index contributed by atoms with van der Waals surface area (Å²) in [5.41, 5.74) is -0.280. The van der Waals surface area contributed by atoms with Crippen molar-refractivity contribution in [2.24, 2.45) is 0 Å². The molecule has 11 heteroatoms. The molecule has 2 amide bonds. The Morgan fingerprint density at radius 1 is 1.06 bits per heavy atom. The van der Waals surface area contributed by atoms with Crippen molar-refractivity contribution in [2.75, 3.05) is 19.6 Å². The van der Waals surface area contributed by atoms with Gasteiger partial charge in [0.2, 0.25) is 5.91 Å². The van der Waals surface area contributed by atoms with E-state index in [0.29, 0.717) is 5.56 Å². The van der Waals surface area contributed by atoms with Crippen molar-refractivity contribution in [2.45, 2.75) is 43.6 Å². The van der Waals surface area contributed by atoms with Crippen LogP contribution in [-0.2, 0) is 22.7 Å². The zero-order valence-electron chi connectivity index (χ0n) is 18.5. The van der Waals surface area contributed by atoms with Gasteiger partial charge in [-0.25, -0.2) is 4.39 Å². The van der Waals surface area contributed by atoms with Crippen molar-refractivity contribution in [1.29, 1.82) is 0 Å². The Balaban J connectivity index is 1.35. The molecule has 2 atom stereocenters. The first-order valence-electron chi connectivity index (χ1n) is 11.2. The monoisotopic (exact) mass is 493 g/mol. The predicted molar refractivity (Wildman–Crippen MR) is 114 cm³/mol. The molecule has 0 saturated carbocycles. The van der Waals surface area contributed by atoms with E-state index in [2.05, 4.69) is 4.74 Å². The number of carbonyl (C=O) groups is 2. The average Bonchev–Trinajstić information content (AvgIpc) is 3.15. The summed E-state index contributed by atoms with van der Waals surface area (Å²) in [6.07, 6.45) is -5.39. The van der Waals surface area contributed by atoms with Crippen molar-refractivity contribution in [1.82, 2.24) is 14.7 Å². The summed E-state index contributed by atoms with van der Waals surface area (Å²) in [7, 11) is 0. The van der Waals surface area contributed by atoms with Gasteiger partial charge >= 0.3 is 6.36 Å². The van der Waals surface area contributed by atoms with E-state index < -0.39 is 41.7 Å². The van der Waals surface area contributed by atoms with E-state index in [9.17, 15) is 32.3 Å². The van der Waals surface area contributed by atoms with Gasteiger partial charge in [0, 0.05) is 31.7 Å². The van der Waals surface area contributed by atoms with Crippen LogP contribution in [0.2, 0.25) is 0 Å². The van der Waals surface area contributed by atoms with E-state index in [1.165, 1.54) is 36.4 Å². The third-order valence-electron chi connectivity index (χ3n) is 6.82. The smallest absolute Gasteiger partial charge is 0.406 e. The lowest BCUT2D eigenvalue weighted by Crippen LogP contribution is -2.81. The minimum absolute atomic E-state index is 0.165. The van der Waals surface area contributed by atoms with Crippen LogP contribution in [0.5, 0.6) is 5.75 Å². The average molecular weight is 493 g/mol. The highest BCUT2D eigenvalue weighted by Crippen LogP contribution is 2.41. The zero-order chi connectivity index (χ0) is 25.0. The number of amides is 2. The van der Waals surface area contributed by atoms with Gasteiger partial charge in [-0.1, -0.05) is 30.3 Å². The molecule has 3 aliphatic heterocycles. The van der Waals surface area contributed by atoms with E-state index in [4.69, 9.17) is 0 Å². The largest absolute Gasteiger partial charge is 0.573 e. The fourth-order valence-corrected chi connectivity index (χ4v) is 5.34. The molecule has 5 rings (SSSR count). The summed E-state index contributed by atoms with van der Waals surface area (Å²) < 4.78 is 55.9. The number of piperazine rings is 1. The number of nitrogens with zero attached hydrogens (tertiary/aromatic N) is 3. The fourth-order valence-electron chi connectivity index (χ4n) is 5.34. The van der Waals surface area contributed by atoms with Gasteiger partial charge in [0.25, 0.3) is 5.91 Å². The van der Waals surface area contributed by atoms with Crippen LogP contribution in [-0.4, -0.2) is 75.3 Å². The van der Waals surface area contributed by atoms with Gasteiger partial charge in [-0.15, -0.1) is 13.2 Å². The number of β-amino-alcohol motifs (C(OH)–C–C–N with tert-alkyl or cyclic N) is 1. The number of aliphatic hydroxyl groups is 1. The molecule has 1 N–H and O–H groups in total. The quantitative estimate of drug-likeness (QED) is 0.509. The molecular weight excluding hydrogens is 470 g/mol. The minimum atomic E-state index is -4.80. The number of likely N-dealkylation sites (tertiary alicyclic amines) is 1. The third kappa shape index (κ3) is 4.39. The van der Waals surface area contributed by atoms with Gasteiger partial charge in [-0.3, -0.25) is 24.3 Å². The standard InChI is InChI=1S/C24H23F4N3O4/c25-19-7-2-1-5-16(19)11-30-21(33)20-9-17(32)12-31(20)23(22(30)34)13-29(14-23)10-15-4-3-6-18(8-15)35-24(26,27)28/h1-8,17,20,32H,9-14H2/t17-,20+/m1/s1. The summed E-state index contributed by atoms with van der Waals surface area (Å²) >= 11 is 0. The van der Waals surface area contributed by atoms with E-state index >= 15 is 0 Å². The summed E-state index contributed by atoms with van der Waals surface area (Å²) in [4.78, 5) is 31.4. The third-order valence-corrected chi connectivity index (χ3v) is 6.82. The maximum absolute atomic E-state index is 14.3. The lowest BCUT2D eigenvalue weighted by Gasteiger charge is -2.58. The number of benzene rings is 2. The lowest BCUT2D eigenvalue weighted by atomic mass is 9.82. The van der Waals surface area contributed by atoms with Crippen LogP contribution in [0.1, 0.15) is 17.5 Å². The molecule has 0 aromatic heterocycles. The van der Waals surface area contributed by atoms with Crippen molar-refractivity contribution < 1.29 is 37.0 Å². The number of rotatable bonds is 5. The normalized spacial score (nSPS) is 24.5. The maximum Gasteiger partial charge on any atom is 0.573 e. The number of alkyl halides is 3. The van der Waals surface area contributed by atoms with E-state index in [0.717, 1.165) is 4.90 Å². The SMILES string of the molecule is O=C1[C@@H]2C[C@@H](O)CN2C2(CN(Cc3cccc(OC(F)(F)F)c3)C2)C(=O)N1Cc1ccccc1F. The van der Waals surface area contributed by atoms with Crippen molar-refractivity contribution in [3.8, 4) is 5.75 Å². The van der Waals surface area contributed by atoms with Gasteiger partial charge in [0.15, 0.2) is 0 Å². The lowest BCUT2D eigenvalue weighted by molar-refractivity contribution is -0.274. The zero-order valence-corrected chi connectivity index (χ0v) is 18.5. The van der Waals surface area contributed by atoms with Crippen molar-refractivity contribution in [3.63, 3.8) is 0 Å². The molecular formula is C24H23F4N3O4. The highest BCUT2D eigenvalue weighted by atomic mass is 19.4. The van der Waals surface area contributed by atoms with Crippen LogP contribution < -0.4 is 4.74 Å². The molecule has 7 nitrogen and oxygen atoms in total. The van der Waals surface area contributed by atoms with Crippen LogP contribution in [0.25, 0.3) is 0 Å². The molecule has 3 heterocycles. The van der Waals surface area contributed by atoms with E-state index in [1.807, 2.05) is 4.90 Å². The fraction of sp³-hybridized carbons (Fsp3) is 0.417. The van der Waals surface area contributed by atoms with Gasteiger partial charge in [0.05, 0.1) is 18.7 Å². The number of halogens is 4. The second-order valence-electron chi connectivity index (χ2n) is 9.25. The number of fused-ring (bicyclic) bond motifs is 2. The van der Waals surface area contributed by atoms with Crippen molar-refractivity contribution >= 4 is 11.8 Å². The maximum atomic E-state index is 14.3. The van der Waals surface area contributed by atoms with Crippen LogP contribution >= 0.6 is 0 Å². The minimum Gasteiger partial charge on any atom is -0.406 e. The van der Waals surface area contributed by atoms with Crippen LogP contribution in [0, 0.1) is 5.82 Å². The number of hydrogen-bond acceptors (Lipinski definition) is 6. The van der Waals surface area contributed by atoms with Gasteiger partial charge in [-0.05, 0) is 30.2 Å². The second-order valence-corrected chi connectivity index (χ2v) is 9.25. The number of hydrogen-bond donors (Lipinski definition) is 1. The van der Waals surface area contributed by atoms with Gasteiger partial charge in [-0.2, -0.15) is 0 Å². The molecule has 35 heavy (non-hydrogen) atoms. The molecule has 186 valence electrons. The first-order valence-corrected chi connectivity index (χ1v) is 11.2. The molecule has 3 fully saturated rings. The van der Waals surface area contributed by atoms with Crippen LogP contribution in [0.4, 0.5) is 17.6 Å². The molecule has 0 bridgehead atoms. The Hall–Kier alpha value is -3.02. The molecule has 0 aliphatic carbocycles. The highest BCUT2D eigenvalue weighted by Gasteiger charge is 2.64. The van der Waals surface area contributed by atoms with Crippen LogP contribution in [0.3, 0.4) is 0 Å².